The average Bonchev–Trinajstić information content (AvgIpc) is 2.78. The number of halogens is 1. The zero-order valence-electron chi connectivity index (χ0n) is 18.4. The van der Waals surface area contributed by atoms with Gasteiger partial charge in [-0.05, 0) is 36.1 Å². The molecule has 0 amide bonds. The van der Waals surface area contributed by atoms with Crippen molar-refractivity contribution in [2.75, 3.05) is 6.54 Å². The molecule has 0 aliphatic heterocycles. The minimum Gasteiger partial charge on any atom is -0.349 e. The van der Waals surface area contributed by atoms with Crippen LogP contribution in [0.5, 0.6) is 0 Å². The van der Waals surface area contributed by atoms with Crippen LogP contribution in [-0.4, -0.2) is 29.1 Å². The molecule has 1 unspecified atom stereocenters. The van der Waals surface area contributed by atoms with Gasteiger partial charge in [-0.1, -0.05) is 81.3 Å². The topological polar surface area (TPSA) is 56.5 Å². The zero-order valence-corrected chi connectivity index (χ0v) is 19.2. The predicted molar refractivity (Wildman–Crippen MR) is 127 cm³/mol. The van der Waals surface area contributed by atoms with E-state index in [2.05, 4.69) is 18.0 Å². The van der Waals surface area contributed by atoms with Crippen LogP contribution in [0.3, 0.4) is 0 Å². The van der Waals surface area contributed by atoms with E-state index in [1.807, 2.05) is 74.2 Å². The highest BCUT2D eigenvalue weighted by molar-refractivity contribution is 6.20. The number of hydrogen-bond donors (Lipinski definition) is 0. The van der Waals surface area contributed by atoms with Crippen LogP contribution >= 0.6 is 11.6 Å². The quantitative estimate of drug-likeness (QED) is 0.153. The number of aldehydes is 1. The van der Waals surface area contributed by atoms with E-state index in [0.717, 1.165) is 48.1 Å². The normalized spacial score (nSPS) is 11.7. The maximum atomic E-state index is 11.2. The number of alkyl halides is 1. The second kappa shape index (κ2) is 14.4. The summed E-state index contributed by atoms with van der Waals surface area (Å²) in [6.07, 6.45) is 3.76. The Morgan fingerprint density at radius 3 is 2.43 bits per heavy atom. The van der Waals surface area contributed by atoms with Crippen molar-refractivity contribution in [3.63, 3.8) is 0 Å². The average molecular weight is 426 g/mol. The Labute approximate surface area is 186 Å². The fourth-order valence-electron chi connectivity index (χ4n) is 3.04. The van der Waals surface area contributed by atoms with Gasteiger partial charge in [-0.15, -0.1) is 0 Å². The highest BCUT2D eigenvalue weighted by atomic mass is 35.5. The molecule has 0 bridgehead atoms. The number of amidine groups is 1. The Bertz CT molecular complexity index is 838. The fourth-order valence-corrected chi connectivity index (χ4v) is 3.15. The third-order valence-electron chi connectivity index (χ3n) is 4.43. The molecule has 5 heteroatoms. The first-order chi connectivity index (χ1) is 14.6. The number of carbonyl (C=O) groups is 1. The first kappa shape index (κ1) is 25.4. The molecule has 4 nitrogen and oxygen atoms in total. The molecule has 0 fully saturated rings. The second-order valence-corrected chi connectivity index (χ2v) is 7.26. The molecule has 2 aromatic rings. The highest BCUT2D eigenvalue weighted by Crippen LogP contribution is 2.24. The van der Waals surface area contributed by atoms with Gasteiger partial charge in [0.15, 0.2) is 0 Å². The number of rotatable bonds is 9. The number of carbonyl (C=O) groups excluding carboxylic acids is 1. The maximum absolute atomic E-state index is 11.2. The zero-order chi connectivity index (χ0) is 22.4. The Morgan fingerprint density at radius 2 is 1.87 bits per heavy atom. The van der Waals surface area contributed by atoms with E-state index in [0.29, 0.717) is 12.1 Å². The van der Waals surface area contributed by atoms with Gasteiger partial charge in [-0.2, -0.15) is 5.26 Å². The molecular formula is C25H32ClN3O. The van der Waals surface area contributed by atoms with Crippen LogP contribution in [0.2, 0.25) is 0 Å². The van der Waals surface area contributed by atoms with Gasteiger partial charge in [0.1, 0.15) is 17.6 Å². The third-order valence-corrected chi connectivity index (χ3v) is 4.52. The Kier molecular flexibility index (Phi) is 12.2. The monoisotopic (exact) mass is 425 g/mol. The van der Waals surface area contributed by atoms with Crippen molar-refractivity contribution in [1.82, 2.24) is 4.90 Å². The van der Waals surface area contributed by atoms with E-state index in [-0.39, 0.29) is 12.0 Å². The largest absolute Gasteiger partial charge is 0.349 e. The lowest BCUT2D eigenvalue weighted by molar-refractivity contribution is -0.108. The lowest BCUT2D eigenvalue weighted by atomic mass is 9.99. The lowest BCUT2D eigenvalue weighted by Crippen LogP contribution is -2.33. The van der Waals surface area contributed by atoms with Crippen molar-refractivity contribution in [3.05, 3.63) is 59.7 Å². The predicted octanol–water partition coefficient (Wildman–Crippen LogP) is 6.43. The number of nitrogens with zero attached hydrogens (tertiary/aromatic N) is 3. The molecule has 1 atom stereocenters. The van der Waals surface area contributed by atoms with Crippen molar-refractivity contribution >= 4 is 23.7 Å². The van der Waals surface area contributed by atoms with Crippen LogP contribution < -0.4 is 0 Å². The van der Waals surface area contributed by atoms with Gasteiger partial charge < -0.3 is 9.69 Å². The standard InChI is InChI=1S/C23H26ClN3O.C2H6/c1-3-4-9-23(26-18(2)24)27(14-15-28)17-19-10-12-20(13-11-19)22-8-6-5-7-21(22)16-25;1-2/h5-8,10-13,15,18H,3-4,9,14,17H2,1-2H3;1-2H3/b26-23-;. The van der Waals surface area contributed by atoms with E-state index in [1.165, 1.54) is 0 Å². The maximum Gasteiger partial charge on any atom is 0.139 e. The number of nitriles is 1. The number of unbranched alkanes of at least 4 members (excludes halogenated alkanes) is 1. The molecule has 0 aliphatic carbocycles. The molecule has 0 radical (unpaired) electrons. The molecule has 0 N–H and O–H groups in total. The minimum atomic E-state index is -0.328. The van der Waals surface area contributed by atoms with Crippen LogP contribution in [-0.2, 0) is 11.3 Å². The Balaban J connectivity index is 0.00000218. The van der Waals surface area contributed by atoms with Gasteiger partial charge in [0.25, 0.3) is 0 Å². The first-order valence-electron chi connectivity index (χ1n) is 10.6. The molecule has 0 spiro atoms. The highest BCUT2D eigenvalue weighted by Gasteiger charge is 2.13. The van der Waals surface area contributed by atoms with Crippen LogP contribution in [0, 0.1) is 11.3 Å². The van der Waals surface area contributed by atoms with Gasteiger partial charge in [0, 0.05) is 13.0 Å². The summed E-state index contributed by atoms with van der Waals surface area (Å²) in [6, 6.07) is 17.9. The lowest BCUT2D eigenvalue weighted by Gasteiger charge is -2.25. The molecule has 0 saturated heterocycles. The number of aliphatic imine (C=N–C) groups is 1. The molecule has 0 aliphatic rings. The Morgan fingerprint density at radius 1 is 1.20 bits per heavy atom. The summed E-state index contributed by atoms with van der Waals surface area (Å²) in [7, 11) is 0. The molecule has 160 valence electrons. The first-order valence-corrected chi connectivity index (χ1v) is 11.0. The van der Waals surface area contributed by atoms with Gasteiger partial charge in [-0.25, -0.2) is 0 Å². The molecule has 2 aromatic carbocycles. The summed E-state index contributed by atoms with van der Waals surface area (Å²) in [5, 5.41) is 9.30. The van der Waals surface area contributed by atoms with Crippen LogP contribution in [0.4, 0.5) is 0 Å². The summed E-state index contributed by atoms with van der Waals surface area (Å²) in [5.41, 5.74) is 3.32. The van der Waals surface area contributed by atoms with E-state index in [4.69, 9.17) is 11.6 Å². The van der Waals surface area contributed by atoms with Crippen molar-refractivity contribution in [2.24, 2.45) is 4.99 Å². The molecule has 0 heterocycles. The van der Waals surface area contributed by atoms with Crippen LogP contribution in [0.25, 0.3) is 11.1 Å². The fraction of sp³-hybridized carbons (Fsp3) is 0.400. The van der Waals surface area contributed by atoms with E-state index in [1.54, 1.807) is 0 Å². The Hall–Kier alpha value is -2.64. The SMILES string of the molecule is CC.CCCC/C(=N/C(C)Cl)N(CC=O)Cc1ccc(-c2ccccc2C#N)cc1. The van der Waals surface area contributed by atoms with E-state index < -0.39 is 0 Å². The van der Waals surface area contributed by atoms with Crippen molar-refractivity contribution in [2.45, 2.75) is 59.0 Å². The summed E-state index contributed by atoms with van der Waals surface area (Å²) in [5.74, 6) is 0.871. The third kappa shape index (κ3) is 8.00. The van der Waals surface area contributed by atoms with Crippen LogP contribution in [0.15, 0.2) is 53.5 Å². The smallest absolute Gasteiger partial charge is 0.139 e. The van der Waals surface area contributed by atoms with E-state index >= 15 is 0 Å². The summed E-state index contributed by atoms with van der Waals surface area (Å²) < 4.78 is 0. The molecule has 0 aromatic heterocycles. The molecule has 0 saturated carbocycles. The van der Waals surface area contributed by atoms with E-state index in [9.17, 15) is 10.1 Å². The van der Waals surface area contributed by atoms with Crippen molar-refractivity contribution in [1.29, 1.82) is 5.26 Å². The van der Waals surface area contributed by atoms with Crippen molar-refractivity contribution < 1.29 is 4.79 Å². The molecule has 2 rings (SSSR count). The van der Waals surface area contributed by atoms with Gasteiger partial charge in [0.2, 0.25) is 0 Å². The summed E-state index contributed by atoms with van der Waals surface area (Å²) in [6.45, 7) is 8.83. The number of hydrogen-bond acceptors (Lipinski definition) is 3. The summed E-state index contributed by atoms with van der Waals surface area (Å²) >= 11 is 6.09. The van der Waals surface area contributed by atoms with Gasteiger partial charge in [0.05, 0.1) is 18.2 Å². The second-order valence-electron chi connectivity index (χ2n) is 6.62. The van der Waals surface area contributed by atoms with Gasteiger partial charge >= 0.3 is 0 Å². The number of benzene rings is 2. The van der Waals surface area contributed by atoms with Gasteiger partial charge in [-0.3, -0.25) is 4.99 Å². The molecule has 30 heavy (non-hydrogen) atoms. The van der Waals surface area contributed by atoms with Crippen molar-refractivity contribution in [3.8, 4) is 17.2 Å². The minimum absolute atomic E-state index is 0.283. The molecular weight excluding hydrogens is 394 g/mol. The van der Waals surface area contributed by atoms with Crippen LogP contribution in [0.1, 0.15) is 58.1 Å². The summed E-state index contributed by atoms with van der Waals surface area (Å²) in [4.78, 5) is 17.7.